The minimum atomic E-state index is -2.75. The SMILES string of the molecule is COc1ccc(-c2cc(C(F)F)n3ncc(C(=O)N4CCC(C)CC4)c3n2)cc1. The number of halogens is 2. The maximum absolute atomic E-state index is 13.7. The van der Waals surface area contributed by atoms with Crippen LogP contribution in [0, 0.1) is 5.92 Å². The lowest BCUT2D eigenvalue weighted by atomic mass is 9.99. The van der Waals surface area contributed by atoms with E-state index in [1.165, 1.54) is 12.3 Å². The summed E-state index contributed by atoms with van der Waals surface area (Å²) in [5.74, 6) is 1.02. The molecule has 0 unspecified atom stereocenters. The van der Waals surface area contributed by atoms with Crippen molar-refractivity contribution in [2.45, 2.75) is 26.2 Å². The van der Waals surface area contributed by atoms with Gasteiger partial charge in [-0.1, -0.05) is 6.92 Å². The van der Waals surface area contributed by atoms with Crippen LogP contribution in [0.15, 0.2) is 36.5 Å². The number of likely N-dealkylation sites (tertiary alicyclic amines) is 1. The van der Waals surface area contributed by atoms with Crippen LogP contribution in [0.4, 0.5) is 8.78 Å². The number of hydrogen-bond donors (Lipinski definition) is 0. The van der Waals surface area contributed by atoms with E-state index in [-0.39, 0.29) is 22.8 Å². The van der Waals surface area contributed by atoms with Crippen molar-refractivity contribution in [2.75, 3.05) is 20.2 Å². The summed E-state index contributed by atoms with van der Waals surface area (Å²) in [6, 6.07) is 8.28. The predicted molar refractivity (Wildman–Crippen MR) is 104 cm³/mol. The fourth-order valence-electron chi connectivity index (χ4n) is 3.58. The molecule has 152 valence electrons. The Labute approximate surface area is 167 Å². The van der Waals surface area contributed by atoms with Crippen molar-refractivity contribution in [1.29, 1.82) is 0 Å². The molecule has 0 aliphatic carbocycles. The lowest BCUT2D eigenvalue weighted by Gasteiger charge is -2.30. The van der Waals surface area contributed by atoms with Crippen molar-refractivity contribution < 1.29 is 18.3 Å². The van der Waals surface area contributed by atoms with E-state index < -0.39 is 6.43 Å². The first-order chi connectivity index (χ1) is 14.0. The lowest BCUT2D eigenvalue weighted by Crippen LogP contribution is -2.37. The van der Waals surface area contributed by atoms with Gasteiger partial charge in [0.2, 0.25) is 0 Å². The van der Waals surface area contributed by atoms with Crippen LogP contribution in [-0.2, 0) is 0 Å². The van der Waals surface area contributed by atoms with Crippen molar-refractivity contribution in [3.05, 3.63) is 47.8 Å². The van der Waals surface area contributed by atoms with E-state index in [2.05, 4.69) is 17.0 Å². The molecule has 0 atom stereocenters. The molecule has 0 spiro atoms. The molecule has 4 rings (SSSR count). The van der Waals surface area contributed by atoms with Crippen molar-refractivity contribution in [3.63, 3.8) is 0 Å². The summed E-state index contributed by atoms with van der Waals surface area (Å²) in [5.41, 5.74) is 1.11. The number of hydrogen-bond acceptors (Lipinski definition) is 4. The van der Waals surface area contributed by atoms with Crippen LogP contribution in [0.2, 0.25) is 0 Å². The molecule has 0 bridgehead atoms. The zero-order chi connectivity index (χ0) is 20.5. The van der Waals surface area contributed by atoms with E-state index in [1.807, 2.05) is 0 Å². The van der Waals surface area contributed by atoms with Crippen LogP contribution in [0.5, 0.6) is 5.75 Å². The molecule has 0 radical (unpaired) electrons. The number of carbonyl (C=O) groups excluding carboxylic acids is 1. The Morgan fingerprint density at radius 1 is 1.21 bits per heavy atom. The summed E-state index contributed by atoms with van der Waals surface area (Å²) >= 11 is 0. The van der Waals surface area contributed by atoms with Gasteiger partial charge in [-0.25, -0.2) is 18.3 Å². The molecule has 2 aromatic heterocycles. The molecule has 1 saturated heterocycles. The van der Waals surface area contributed by atoms with Gasteiger partial charge in [0.15, 0.2) is 5.65 Å². The molecule has 0 N–H and O–H groups in total. The maximum atomic E-state index is 13.7. The molecule has 1 aliphatic heterocycles. The molecule has 0 saturated carbocycles. The number of fused-ring (bicyclic) bond motifs is 1. The summed E-state index contributed by atoms with van der Waals surface area (Å²) in [7, 11) is 1.56. The molecular formula is C21H22F2N4O2. The number of benzene rings is 1. The van der Waals surface area contributed by atoms with Crippen LogP contribution < -0.4 is 4.74 Å². The Morgan fingerprint density at radius 2 is 1.90 bits per heavy atom. The number of aromatic nitrogens is 3. The standard InChI is InChI=1S/C21H22F2N4O2/c1-13-7-9-26(10-8-13)21(28)16-12-24-27-18(19(22)23)11-17(25-20(16)27)14-3-5-15(29-2)6-4-14/h3-6,11-13,19H,7-10H2,1-2H3. The molecule has 3 heterocycles. The Morgan fingerprint density at radius 3 is 2.52 bits per heavy atom. The summed E-state index contributed by atoms with van der Waals surface area (Å²) < 4.78 is 33.6. The summed E-state index contributed by atoms with van der Waals surface area (Å²) in [6.45, 7) is 3.46. The Kier molecular flexibility index (Phi) is 5.17. The maximum Gasteiger partial charge on any atom is 0.280 e. The average Bonchev–Trinajstić information content (AvgIpc) is 3.17. The minimum absolute atomic E-state index is 0.150. The van der Waals surface area contributed by atoms with E-state index in [0.717, 1.165) is 17.4 Å². The average molecular weight is 400 g/mol. The molecule has 1 aliphatic rings. The fraction of sp³-hybridized carbons (Fsp3) is 0.381. The van der Waals surface area contributed by atoms with Crippen molar-refractivity contribution in [2.24, 2.45) is 5.92 Å². The third-order valence-electron chi connectivity index (χ3n) is 5.41. The van der Waals surface area contributed by atoms with Gasteiger partial charge in [0, 0.05) is 18.7 Å². The molecular weight excluding hydrogens is 378 g/mol. The monoisotopic (exact) mass is 400 g/mol. The van der Waals surface area contributed by atoms with E-state index in [4.69, 9.17) is 4.74 Å². The number of nitrogens with zero attached hydrogens (tertiary/aromatic N) is 4. The molecule has 1 amide bonds. The second-order valence-corrected chi connectivity index (χ2v) is 7.36. The van der Waals surface area contributed by atoms with Crippen molar-refractivity contribution in [1.82, 2.24) is 19.5 Å². The quantitative estimate of drug-likeness (QED) is 0.658. The Balaban J connectivity index is 1.78. The third-order valence-corrected chi connectivity index (χ3v) is 5.41. The van der Waals surface area contributed by atoms with Gasteiger partial charge in [0.05, 0.1) is 19.0 Å². The summed E-state index contributed by atoms with van der Waals surface area (Å²) in [6.07, 6.45) is 0.443. The van der Waals surface area contributed by atoms with Gasteiger partial charge in [-0.15, -0.1) is 0 Å². The van der Waals surface area contributed by atoms with Crippen LogP contribution in [0.3, 0.4) is 0 Å². The molecule has 29 heavy (non-hydrogen) atoms. The molecule has 3 aromatic rings. The van der Waals surface area contributed by atoms with Gasteiger partial charge in [0.1, 0.15) is 17.0 Å². The van der Waals surface area contributed by atoms with Crippen LogP contribution in [-0.4, -0.2) is 45.6 Å². The Bertz CT molecular complexity index is 1030. The van der Waals surface area contributed by atoms with E-state index >= 15 is 0 Å². The smallest absolute Gasteiger partial charge is 0.280 e. The van der Waals surface area contributed by atoms with Gasteiger partial charge in [-0.05, 0) is 49.1 Å². The van der Waals surface area contributed by atoms with Crippen LogP contribution in [0.1, 0.15) is 42.2 Å². The first-order valence-electron chi connectivity index (χ1n) is 9.58. The normalized spacial score (nSPS) is 15.3. The highest BCUT2D eigenvalue weighted by atomic mass is 19.3. The molecule has 1 fully saturated rings. The van der Waals surface area contributed by atoms with Gasteiger partial charge < -0.3 is 9.64 Å². The zero-order valence-electron chi connectivity index (χ0n) is 16.3. The Hall–Kier alpha value is -3.03. The highest BCUT2D eigenvalue weighted by molar-refractivity contribution is 6.00. The largest absolute Gasteiger partial charge is 0.497 e. The molecule has 8 heteroatoms. The first kappa shape index (κ1) is 19.3. The van der Waals surface area contributed by atoms with Gasteiger partial charge >= 0.3 is 0 Å². The minimum Gasteiger partial charge on any atom is -0.497 e. The van der Waals surface area contributed by atoms with Crippen molar-refractivity contribution in [3.8, 4) is 17.0 Å². The molecule has 6 nitrogen and oxygen atoms in total. The van der Waals surface area contributed by atoms with Gasteiger partial charge in [-0.2, -0.15) is 5.10 Å². The number of carbonyl (C=O) groups is 1. The summed E-state index contributed by atoms with van der Waals surface area (Å²) in [5, 5.41) is 4.04. The predicted octanol–water partition coefficient (Wildman–Crippen LogP) is 4.21. The third kappa shape index (κ3) is 3.66. The van der Waals surface area contributed by atoms with Gasteiger partial charge in [0.25, 0.3) is 12.3 Å². The molecule has 1 aromatic carbocycles. The second kappa shape index (κ2) is 7.77. The highest BCUT2D eigenvalue weighted by Gasteiger charge is 2.26. The number of piperidine rings is 1. The zero-order valence-corrected chi connectivity index (χ0v) is 16.3. The lowest BCUT2D eigenvalue weighted by molar-refractivity contribution is 0.0699. The van der Waals surface area contributed by atoms with E-state index in [9.17, 15) is 13.6 Å². The number of methoxy groups -OCH3 is 1. The first-order valence-corrected chi connectivity index (χ1v) is 9.58. The van der Waals surface area contributed by atoms with Crippen LogP contribution in [0.25, 0.3) is 16.9 Å². The van der Waals surface area contributed by atoms with Crippen LogP contribution >= 0.6 is 0 Å². The number of alkyl halides is 2. The number of amides is 1. The fourth-order valence-corrected chi connectivity index (χ4v) is 3.58. The second-order valence-electron chi connectivity index (χ2n) is 7.36. The topological polar surface area (TPSA) is 59.7 Å². The highest BCUT2D eigenvalue weighted by Crippen LogP contribution is 2.28. The number of ether oxygens (including phenoxy) is 1. The van der Waals surface area contributed by atoms with Crippen molar-refractivity contribution >= 4 is 11.6 Å². The van der Waals surface area contributed by atoms with Gasteiger partial charge in [-0.3, -0.25) is 4.79 Å². The van der Waals surface area contributed by atoms with E-state index in [1.54, 1.807) is 36.3 Å². The van der Waals surface area contributed by atoms with E-state index in [0.29, 0.717) is 36.0 Å². The number of rotatable bonds is 4. The summed E-state index contributed by atoms with van der Waals surface area (Å²) in [4.78, 5) is 19.3.